The predicted octanol–water partition coefficient (Wildman–Crippen LogP) is 11.3. The summed E-state index contributed by atoms with van der Waals surface area (Å²) in [6.07, 6.45) is 4.10. The Kier molecular flexibility index (Phi) is 13.3. The molecule has 51 heavy (non-hydrogen) atoms. The maximum Gasteiger partial charge on any atom is 0.217 e. The third-order valence-electron chi connectivity index (χ3n) is 7.01. The fourth-order valence-electron chi connectivity index (χ4n) is 4.54. The van der Waals surface area contributed by atoms with Crippen molar-refractivity contribution in [1.82, 2.24) is 9.97 Å². The van der Waals surface area contributed by atoms with Crippen LogP contribution in [0.3, 0.4) is 0 Å². The number of pyridine rings is 2. The van der Waals surface area contributed by atoms with E-state index in [1.165, 1.54) is 0 Å². The van der Waals surface area contributed by atoms with Crippen LogP contribution in [0.4, 0.5) is 0 Å². The van der Waals surface area contributed by atoms with Gasteiger partial charge in [0, 0.05) is 40.1 Å². The molecule has 2 heterocycles. The van der Waals surface area contributed by atoms with Gasteiger partial charge in [-0.25, -0.2) is 9.97 Å². The highest BCUT2D eigenvalue weighted by molar-refractivity contribution is 9.10. The molecule has 8 nitrogen and oxygen atoms in total. The minimum Gasteiger partial charge on any atom is -0.473 e. The molecule has 0 bridgehead atoms. The van der Waals surface area contributed by atoms with E-state index in [-0.39, 0.29) is 0 Å². The first-order valence-corrected chi connectivity index (χ1v) is 17.1. The number of nitriles is 2. The lowest BCUT2D eigenvalue weighted by Crippen LogP contribution is -1.99. The van der Waals surface area contributed by atoms with Gasteiger partial charge in [0.25, 0.3) is 0 Å². The largest absolute Gasteiger partial charge is 0.473 e. The van der Waals surface area contributed by atoms with Crippen molar-refractivity contribution in [2.75, 3.05) is 0 Å². The van der Waals surface area contributed by atoms with E-state index in [1.807, 2.05) is 73.7 Å². The highest BCUT2D eigenvalue weighted by Crippen LogP contribution is 2.34. The molecule has 0 amide bonds. The molecule has 0 N–H and O–H groups in total. The van der Waals surface area contributed by atoms with Crippen LogP contribution in [-0.4, -0.2) is 9.97 Å². The Balaban J connectivity index is 0.000000198. The van der Waals surface area contributed by atoms with Crippen molar-refractivity contribution in [3.8, 4) is 46.9 Å². The smallest absolute Gasteiger partial charge is 0.217 e. The Hall–Kier alpha value is -5.58. The number of nitrogens with zero attached hydrogens (tertiary/aromatic N) is 4. The van der Waals surface area contributed by atoms with E-state index >= 15 is 0 Å². The maximum absolute atomic E-state index is 9.08. The van der Waals surface area contributed by atoms with Crippen molar-refractivity contribution in [1.29, 1.82) is 10.5 Å². The van der Waals surface area contributed by atoms with Gasteiger partial charge in [0.1, 0.15) is 36.2 Å². The number of aromatic nitrogens is 2. The second-order valence-electron chi connectivity index (χ2n) is 10.8. The number of aryl methyl sites for hydroxylation is 1. The van der Waals surface area contributed by atoms with Gasteiger partial charge in [-0.1, -0.05) is 90.8 Å². The van der Waals surface area contributed by atoms with Gasteiger partial charge in [-0.3, -0.25) is 0 Å². The third kappa shape index (κ3) is 11.2. The summed E-state index contributed by atoms with van der Waals surface area (Å²) in [7, 11) is 0. The lowest BCUT2D eigenvalue weighted by Gasteiger charge is -2.12. The number of hydrogen-bond donors (Lipinski definition) is 0. The Bertz CT molecular complexity index is 2170. The summed E-state index contributed by atoms with van der Waals surface area (Å²) >= 11 is 15.5. The molecule has 11 heteroatoms. The van der Waals surface area contributed by atoms with Gasteiger partial charge in [0.15, 0.2) is 0 Å². The number of halogens is 3. The zero-order valence-electron chi connectivity index (χ0n) is 27.2. The quantitative estimate of drug-likeness (QED) is 0.128. The zero-order valence-corrected chi connectivity index (χ0v) is 30.3. The Morgan fingerprint density at radius 1 is 0.627 bits per heavy atom. The summed E-state index contributed by atoms with van der Waals surface area (Å²) in [5, 5.41) is 19.0. The van der Waals surface area contributed by atoms with E-state index in [0.29, 0.717) is 73.6 Å². The van der Waals surface area contributed by atoms with Crippen LogP contribution in [-0.2, 0) is 19.6 Å². The number of rotatable bonds is 11. The molecule has 0 saturated heterocycles. The first-order chi connectivity index (χ1) is 24.8. The highest BCUT2D eigenvalue weighted by Gasteiger charge is 2.11. The average molecular weight is 781 g/mol. The standard InChI is InChI=1S/C21H17ClN2O2.C19H12BrClN2O2/c1-2-17-13-24-21(25-14-15-6-4-3-5-7-15)11-20(17)26-19-9-16(12-23)8-18(22)10-19;20-17-11-23-19(24-12-13-4-2-1-3-5-13)9-18(17)25-16-7-14(10-22)6-15(21)8-16/h3-11,13H,2,14H2,1H3;1-9,11H,12H2. The van der Waals surface area contributed by atoms with Crippen LogP contribution in [0, 0.1) is 22.7 Å². The predicted molar refractivity (Wildman–Crippen MR) is 200 cm³/mol. The van der Waals surface area contributed by atoms with E-state index in [1.54, 1.807) is 60.9 Å². The van der Waals surface area contributed by atoms with E-state index in [4.69, 9.17) is 52.7 Å². The topological polar surface area (TPSA) is 110 Å². The van der Waals surface area contributed by atoms with Crippen molar-refractivity contribution >= 4 is 39.1 Å². The fraction of sp³-hybridized carbons (Fsp3) is 0.100. The minimum absolute atomic E-state index is 0.407. The maximum atomic E-state index is 9.08. The second kappa shape index (κ2) is 18.4. The van der Waals surface area contributed by atoms with Gasteiger partial charge in [0.05, 0.1) is 27.7 Å². The summed E-state index contributed by atoms with van der Waals surface area (Å²) in [6.45, 7) is 2.85. The van der Waals surface area contributed by atoms with E-state index < -0.39 is 0 Å². The molecule has 0 atom stereocenters. The summed E-state index contributed by atoms with van der Waals surface area (Å²) in [5.41, 5.74) is 3.91. The van der Waals surface area contributed by atoms with Crippen LogP contribution in [0.2, 0.25) is 10.0 Å². The first-order valence-electron chi connectivity index (χ1n) is 15.6. The average Bonchev–Trinajstić information content (AvgIpc) is 3.15. The van der Waals surface area contributed by atoms with Gasteiger partial charge in [-0.2, -0.15) is 10.5 Å². The van der Waals surface area contributed by atoms with Gasteiger partial charge in [-0.05, 0) is 69.9 Å². The normalized spacial score (nSPS) is 10.2. The van der Waals surface area contributed by atoms with Gasteiger partial charge in [-0.15, -0.1) is 0 Å². The van der Waals surface area contributed by atoms with Crippen molar-refractivity contribution in [3.05, 3.63) is 164 Å². The molecule has 0 saturated carbocycles. The van der Waals surface area contributed by atoms with E-state index in [2.05, 4.69) is 32.0 Å². The van der Waals surface area contributed by atoms with Crippen molar-refractivity contribution < 1.29 is 18.9 Å². The molecule has 6 aromatic rings. The highest BCUT2D eigenvalue weighted by atomic mass is 79.9. The monoisotopic (exact) mass is 778 g/mol. The lowest BCUT2D eigenvalue weighted by molar-refractivity contribution is 0.292. The van der Waals surface area contributed by atoms with Crippen molar-refractivity contribution in [2.24, 2.45) is 0 Å². The molecule has 6 rings (SSSR count). The first kappa shape index (κ1) is 36.7. The molecular formula is C40H29BrCl2N4O4. The van der Waals surface area contributed by atoms with E-state index in [9.17, 15) is 0 Å². The third-order valence-corrected chi connectivity index (χ3v) is 8.04. The summed E-state index contributed by atoms with van der Waals surface area (Å²) in [4.78, 5) is 8.56. The molecule has 4 aromatic carbocycles. The number of benzene rings is 4. The zero-order chi connectivity index (χ0) is 36.0. The molecule has 0 unspecified atom stereocenters. The Morgan fingerprint density at radius 3 is 1.59 bits per heavy atom. The molecule has 0 aliphatic heterocycles. The van der Waals surface area contributed by atoms with Crippen molar-refractivity contribution in [2.45, 2.75) is 26.6 Å². The van der Waals surface area contributed by atoms with Crippen LogP contribution in [0.25, 0.3) is 0 Å². The number of ether oxygens (including phenoxy) is 4. The summed E-state index contributed by atoms with van der Waals surface area (Å²) in [6, 6.07) is 37.0. The summed E-state index contributed by atoms with van der Waals surface area (Å²) in [5.74, 6) is 3.03. The van der Waals surface area contributed by atoms with Crippen LogP contribution in [0.1, 0.15) is 34.7 Å². The molecule has 0 spiro atoms. The van der Waals surface area contributed by atoms with E-state index in [0.717, 1.165) is 23.1 Å². The SMILES string of the molecule is CCc1cnc(OCc2ccccc2)cc1Oc1cc(Cl)cc(C#N)c1.N#Cc1cc(Cl)cc(Oc2cc(OCc3ccccc3)ncc2Br)c1. The van der Waals surface area contributed by atoms with Gasteiger partial charge < -0.3 is 18.9 Å². The van der Waals surface area contributed by atoms with Crippen molar-refractivity contribution in [3.63, 3.8) is 0 Å². The minimum atomic E-state index is 0.407. The van der Waals surface area contributed by atoms with Crippen LogP contribution in [0.5, 0.6) is 34.8 Å². The molecular weight excluding hydrogens is 751 g/mol. The fourth-order valence-corrected chi connectivity index (χ4v) is 5.28. The van der Waals surface area contributed by atoms with Crippen LogP contribution >= 0.6 is 39.1 Å². The Labute approximate surface area is 314 Å². The van der Waals surface area contributed by atoms with Crippen LogP contribution < -0.4 is 18.9 Å². The number of hydrogen-bond acceptors (Lipinski definition) is 8. The molecule has 254 valence electrons. The van der Waals surface area contributed by atoms with Gasteiger partial charge in [0.2, 0.25) is 11.8 Å². The van der Waals surface area contributed by atoms with Crippen LogP contribution in [0.15, 0.2) is 126 Å². The summed E-state index contributed by atoms with van der Waals surface area (Å²) < 4.78 is 23.9. The lowest BCUT2D eigenvalue weighted by atomic mass is 10.2. The van der Waals surface area contributed by atoms with Gasteiger partial charge >= 0.3 is 0 Å². The second-order valence-corrected chi connectivity index (χ2v) is 12.5. The molecule has 0 radical (unpaired) electrons. The Morgan fingerprint density at radius 2 is 1.10 bits per heavy atom. The molecule has 0 fully saturated rings. The molecule has 0 aliphatic rings. The molecule has 0 aliphatic carbocycles. The molecule has 2 aromatic heterocycles.